The zero-order chi connectivity index (χ0) is 31.9. The lowest BCUT2D eigenvalue weighted by Gasteiger charge is -2.34. The van der Waals surface area contributed by atoms with Gasteiger partial charge in [-0.15, -0.1) is 0 Å². The molecule has 2 amide bonds. The van der Waals surface area contributed by atoms with Crippen LogP contribution in [0, 0.1) is 6.92 Å². The largest absolute Gasteiger partial charge is 0.381 e. The number of amides is 2. The highest BCUT2D eigenvalue weighted by Crippen LogP contribution is 2.31. The van der Waals surface area contributed by atoms with Crippen LogP contribution in [0.2, 0.25) is 0 Å². The first-order chi connectivity index (χ1) is 21.8. The first kappa shape index (κ1) is 32.1. The maximum absolute atomic E-state index is 13.7. The van der Waals surface area contributed by atoms with Crippen LogP contribution in [0.25, 0.3) is 11.1 Å². The second-order valence-electron chi connectivity index (χ2n) is 11.9. The molecule has 2 fully saturated rings. The van der Waals surface area contributed by atoms with Crippen molar-refractivity contribution in [1.82, 2.24) is 20.2 Å². The fraction of sp³-hybridized carbons (Fsp3) is 0.429. The average molecular weight is 613 g/mol. The summed E-state index contributed by atoms with van der Waals surface area (Å²) < 4.78 is 5.57. The minimum absolute atomic E-state index is 0.0872. The van der Waals surface area contributed by atoms with Crippen LogP contribution in [0.5, 0.6) is 0 Å². The zero-order valence-electron chi connectivity index (χ0n) is 26.6. The number of carbonyl (C=O) groups is 2. The fourth-order valence-corrected chi connectivity index (χ4v) is 6.13. The molecule has 5 rings (SSSR count). The number of pyridine rings is 2. The highest BCUT2D eigenvalue weighted by molar-refractivity contribution is 6.04. The first-order valence-electron chi connectivity index (χ1n) is 15.9. The van der Waals surface area contributed by atoms with Crippen molar-refractivity contribution in [2.24, 2.45) is 0 Å². The van der Waals surface area contributed by atoms with Crippen LogP contribution in [-0.2, 0) is 22.5 Å². The number of carbonyl (C=O) groups excluding carboxylic acids is 2. The van der Waals surface area contributed by atoms with Crippen LogP contribution in [0.1, 0.15) is 53.4 Å². The van der Waals surface area contributed by atoms with Gasteiger partial charge in [0.25, 0.3) is 17.4 Å². The van der Waals surface area contributed by atoms with Gasteiger partial charge in [-0.3, -0.25) is 14.4 Å². The molecule has 0 radical (unpaired) electrons. The molecular formula is C35H44N6O4. The Kier molecular flexibility index (Phi) is 10.5. The predicted molar refractivity (Wildman–Crippen MR) is 178 cm³/mol. The number of likely N-dealkylation sites (N-methyl/N-ethyl adjacent to an activating group) is 1. The number of aryl methyl sites for hydroxylation is 2. The number of nitrogens with zero attached hydrogens (tertiary/aromatic N) is 4. The molecule has 0 atom stereocenters. The number of nitrogens with one attached hydrogen (secondary N) is 2. The third kappa shape index (κ3) is 7.69. The number of anilines is 2. The fourth-order valence-electron chi connectivity index (χ4n) is 6.13. The molecule has 1 aromatic carbocycles. The molecule has 3 aromatic rings. The van der Waals surface area contributed by atoms with Gasteiger partial charge in [0.05, 0.1) is 0 Å². The minimum Gasteiger partial charge on any atom is -0.381 e. The van der Waals surface area contributed by atoms with Gasteiger partial charge >= 0.3 is 0 Å². The Labute approximate surface area is 265 Å². The number of hydrogen-bond acceptors (Lipinski definition) is 7. The molecule has 10 heteroatoms. The number of hydrogen-bond donors (Lipinski definition) is 2. The molecule has 4 heterocycles. The Morgan fingerprint density at radius 2 is 1.87 bits per heavy atom. The molecule has 238 valence electrons. The standard InChI is InChI=1S/C35H44N6O4/c1-5-7-25-18-24(3)38-35(44)31(25)23-37-34(43)28-19-27(26-8-9-32(36-22-26)40-14-12-39(4)13-15-40)20-30(21-28)41(33(42)6-2)29-10-16-45-17-11-29/h6,8-9,18-22,29H,2,5,7,10-17,23H2,1,3-4H3,(H,37,43)(H,38,44). The molecule has 2 saturated heterocycles. The summed E-state index contributed by atoms with van der Waals surface area (Å²) in [5.41, 5.74) is 4.69. The van der Waals surface area contributed by atoms with E-state index in [-0.39, 0.29) is 30.0 Å². The van der Waals surface area contributed by atoms with Crippen molar-refractivity contribution in [3.63, 3.8) is 0 Å². The van der Waals surface area contributed by atoms with Crippen molar-refractivity contribution in [3.05, 3.63) is 88.0 Å². The van der Waals surface area contributed by atoms with Gasteiger partial charge < -0.3 is 29.7 Å². The number of piperazine rings is 1. The highest BCUT2D eigenvalue weighted by Gasteiger charge is 2.27. The number of H-pyrrole nitrogens is 1. The average Bonchev–Trinajstić information content (AvgIpc) is 3.05. The van der Waals surface area contributed by atoms with Gasteiger partial charge in [-0.25, -0.2) is 4.98 Å². The second kappa shape index (κ2) is 14.7. The Morgan fingerprint density at radius 3 is 2.53 bits per heavy atom. The van der Waals surface area contributed by atoms with E-state index < -0.39 is 0 Å². The number of aromatic nitrogens is 2. The molecule has 0 bridgehead atoms. The lowest BCUT2D eigenvalue weighted by Crippen LogP contribution is -2.44. The summed E-state index contributed by atoms with van der Waals surface area (Å²) in [5, 5.41) is 2.97. The molecule has 0 spiro atoms. The molecule has 10 nitrogen and oxygen atoms in total. The van der Waals surface area contributed by atoms with E-state index in [1.54, 1.807) is 11.0 Å². The van der Waals surface area contributed by atoms with Crippen molar-refractivity contribution in [3.8, 4) is 11.1 Å². The van der Waals surface area contributed by atoms with E-state index >= 15 is 0 Å². The number of ether oxygens (including phenoxy) is 1. The van der Waals surface area contributed by atoms with E-state index in [0.29, 0.717) is 42.9 Å². The zero-order valence-corrected chi connectivity index (χ0v) is 26.6. The number of benzene rings is 1. The van der Waals surface area contributed by atoms with E-state index in [2.05, 4.69) is 40.7 Å². The van der Waals surface area contributed by atoms with Crippen LogP contribution in [-0.4, -0.2) is 79.2 Å². The van der Waals surface area contributed by atoms with Gasteiger partial charge in [-0.2, -0.15) is 0 Å². The third-order valence-electron chi connectivity index (χ3n) is 8.64. The summed E-state index contributed by atoms with van der Waals surface area (Å²) in [6.07, 6.45) is 6.14. The molecular weight excluding hydrogens is 568 g/mol. The van der Waals surface area contributed by atoms with Crippen LogP contribution in [0.15, 0.2) is 60.0 Å². The van der Waals surface area contributed by atoms with E-state index in [1.807, 2.05) is 43.5 Å². The summed E-state index contributed by atoms with van der Waals surface area (Å²) >= 11 is 0. The van der Waals surface area contributed by atoms with Crippen LogP contribution >= 0.6 is 0 Å². The van der Waals surface area contributed by atoms with E-state index in [1.165, 1.54) is 6.08 Å². The normalized spacial score (nSPS) is 15.9. The van der Waals surface area contributed by atoms with Gasteiger partial charge in [0, 0.05) is 86.2 Å². The van der Waals surface area contributed by atoms with E-state index in [9.17, 15) is 14.4 Å². The minimum atomic E-state index is -0.333. The van der Waals surface area contributed by atoms with Crippen LogP contribution < -0.4 is 20.7 Å². The van der Waals surface area contributed by atoms with Crippen LogP contribution in [0.4, 0.5) is 11.5 Å². The Bertz CT molecular complexity index is 1570. The molecule has 2 aromatic heterocycles. The van der Waals surface area contributed by atoms with Crippen molar-refractivity contribution in [2.45, 2.75) is 52.1 Å². The predicted octanol–water partition coefficient (Wildman–Crippen LogP) is 4.08. The maximum atomic E-state index is 13.7. The first-order valence-corrected chi connectivity index (χ1v) is 15.9. The summed E-state index contributed by atoms with van der Waals surface area (Å²) in [6.45, 7) is 12.7. The van der Waals surface area contributed by atoms with Crippen molar-refractivity contribution in [2.75, 3.05) is 56.2 Å². The van der Waals surface area contributed by atoms with E-state index in [0.717, 1.165) is 67.2 Å². The lowest BCUT2D eigenvalue weighted by atomic mass is 9.99. The van der Waals surface area contributed by atoms with Gasteiger partial charge in [0.2, 0.25) is 0 Å². The maximum Gasteiger partial charge on any atom is 0.253 e. The quantitative estimate of drug-likeness (QED) is 0.332. The van der Waals surface area contributed by atoms with Gasteiger partial charge in [0.1, 0.15) is 5.82 Å². The summed E-state index contributed by atoms with van der Waals surface area (Å²) in [7, 11) is 2.12. The molecule has 45 heavy (non-hydrogen) atoms. The van der Waals surface area contributed by atoms with Crippen molar-refractivity contribution in [1.29, 1.82) is 0 Å². The molecule has 2 aliphatic rings. The monoisotopic (exact) mass is 612 g/mol. The second-order valence-corrected chi connectivity index (χ2v) is 11.9. The third-order valence-corrected chi connectivity index (χ3v) is 8.64. The van der Waals surface area contributed by atoms with Gasteiger partial charge in [-0.05, 0) is 86.8 Å². The van der Waals surface area contributed by atoms with Crippen molar-refractivity contribution < 1.29 is 14.3 Å². The van der Waals surface area contributed by atoms with Crippen LogP contribution in [0.3, 0.4) is 0 Å². The van der Waals surface area contributed by atoms with Crippen molar-refractivity contribution >= 4 is 23.3 Å². The molecule has 0 aliphatic carbocycles. The SMILES string of the molecule is C=CC(=O)N(c1cc(C(=O)NCc2c(CCC)cc(C)[nH]c2=O)cc(-c2ccc(N3CCN(C)CC3)nc2)c1)C1CCOCC1. The summed E-state index contributed by atoms with van der Waals surface area (Å²) in [4.78, 5) is 53.8. The topological polar surface area (TPSA) is 111 Å². The molecule has 2 aliphatic heterocycles. The molecule has 0 unspecified atom stereocenters. The number of aromatic amines is 1. The Hall–Kier alpha value is -4.28. The highest BCUT2D eigenvalue weighted by atomic mass is 16.5. The molecule has 2 N–H and O–H groups in total. The Balaban J connectivity index is 1.49. The molecule has 0 saturated carbocycles. The smallest absolute Gasteiger partial charge is 0.253 e. The van der Waals surface area contributed by atoms with E-state index in [4.69, 9.17) is 9.72 Å². The van der Waals surface area contributed by atoms with Gasteiger partial charge in [-0.1, -0.05) is 19.9 Å². The summed E-state index contributed by atoms with van der Waals surface area (Å²) in [5.74, 6) is 0.350. The van der Waals surface area contributed by atoms with Gasteiger partial charge in [0.15, 0.2) is 0 Å². The lowest BCUT2D eigenvalue weighted by molar-refractivity contribution is -0.115. The summed E-state index contributed by atoms with van der Waals surface area (Å²) in [6, 6.07) is 11.4. The Morgan fingerprint density at radius 1 is 1.11 bits per heavy atom. The number of rotatable bonds is 10.